The van der Waals surface area contributed by atoms with Gasteiger partial charge in [-0.3, -0.25) is 14.2 Å². The Morgan fingerprint density at radius 1 is 1.03 bits per heavy atom. The Labute approximate surface area is 183 Å². The number of anilines is 1. The lowest BCUT2D eigenvalue weighted by Gasteiger charge is -2.13. The van der Waals surface area contributed by atoms with Crippen LogP contribution in [0.15, 0.2) is 88.8 Å². The zero-order valence-corrected chi connectivity index (χ0v) is 17.3. The van der Waals surface area contributed by atoms with E-state index in [-0.39, 0.29) is 17.2 Å². The highest BCUT2D eigenvalue weighted by atomic mass is 32.2. The number of rotatable bonds is 6. The Morgan fingerprint density at radius 3 is 2.61 bits per heavy atom. The molecule has 0 atom stereocenters. The van der Waals surface area contributed by atoms with E-state index >= 15 is 0 Å². The van der Waals surface area contributed by atoms with Crippen LogP contribution in [0, 0.1) is 11.3 Å². The number of carbonyl (C=O) groups is 1. The zero-order chi connectivity index (χ0) is 21.6. The van der Waals surface area contributed by atoms with Crippen molar-refractivity contribution in [3.63, 3.8) is 0 Å². The molecule has 0 radical (unpaired) electrons. The van der Waals surface area contributed by atoms with Crippen LogP contribution in [0.3, 0.4) is 0 Å². The Morgan fingerprint density at radius 2 is 1.81 bits per heavy atom. The maximum Gasteiger partial charge on any atom is 0.262 e. The summed E-state index contributed by atoms with van der Waals surface area (Å²) in [6.07, 6.45) is 0. The van der Waals surface area contributed by atoms with Crippen LogP contribution < -0.4 is 10.9 Å². The summed E-state index contributed by atoms with van der Waals surface area (Å²) in [4.78, 5) is 30.3. The van der Waals surface area contributed by atoms with Crippen LogP contribution in [-0.2, 0) is 11.3 Å². The predicted octanol–water partition coefficient (Wildman–Crippen LogP) is 4.05. The molecular weight excluding hydrogens is 408 g/mol. The van der Waals surface area contributed by atoms with Crippen molar-refractivity contribution in [1.82, 2.24) is 9.55 Å². The standard InChI is InChI=1S/C24H18N4O2S/c25-14-18-9-6-10-19(13-18)26-22(29)16-31-24-27-21-12-5-4-11-20(21)23(30)28(24)15-17-7-2-1-3-8-17/h1-13H,15-16H2,(H,26,29). The second kappa shape index (κ2) is 9.28. The number of amides is 1. The molecule has 1 heterocycles. The number of nitriles is 1. The van der Waals surface area contributed by atoms with E-state index in [1.54, 1.807) is 41.0 Å². The molecule has 31 heavy (non-hydrogen) atoms. The highest BCUT2D eigenvalue weighted by Crippen LogP contribution is 2.20. The van der Waals surface area contributed by atoms with Gasteiger partial charge in [-0.05, 0) is 35.9 Å². The topological polar surface area (TPSA) is 87.8 Å². The van der Waals surface area contributed by atoms with Gasteiger partial charge < -0.3 is 5.32 Å². The first kappa shape index (κ1) is 20.4. The number of hydrogen-bond acceptors (Lipinski definition) is 5. The quantitative estimate of drug-likeness (QED) is 0.371. The van der Waals surface area contributed by atoms with Crippen molar-refractivity contribution in [3.05, 3.63) is 100 Å². The van der Waals surface area contributed by atoms with E-state index < -0.39 is 0 Å². The number of hydrogen-bond donors (Lipinski definition) is 1. The van der Waals surface area contributed by atoms with Crippen LogP contribution in [0.1, 0.15) is 11.1 Å². The van der Waals surface area contributed by atoms with Crippen molar-refractivity contribution in [2.24, 2.45) is 0 Å². The first-order chi connectivity index (χ1) is 15.1. The van der Waals surface area contributed by atoms with E-state index in [0.717, 1.165) is 5.56 Å². The molecule has 0 aliphatic carbocycles. The van der Waals surface area contributed by atoms with Crippen LogP contribution in [-0.4, -0.2) is 21.2 Å². The summed E-state index contributed by atoms with van der Waals surface area (Å²) < 4.78 is 1.60. The number of para-hydroxylation sites is 1. The molecule has 7 heteroatoms. The Bertz CT molecular complexity index is 1340. The molecule has 152 valence electrons. The summed E-state index contributed by atoms with van der Waals surface area (Å²) >= 11 is 1.21. The zero-order valence-electron chi connectivity index (χ0n) is 16.5. The maximum absolute atomic E-state index is 13.1. The fourth-order valence-corrected chi connectivity index (χ4v) is 3.96. The lowest BCUT2D eigenvalue weighted by molar-refractivity contribution is -0.113. The molecule has 0 aliphatic heterocycles. The second-order valence-corrected chi connectivity index (χ2v) is 7.76. The Hall–Kier alpha value is -3.89. The molecule has 1 amide bonds. The normalized spacial score (nSPS) is 10.5. The van der Waals surface area contributed by atoms with Crippen LogP contribution in [0.2, 0.25) is 0 Å². The third-order valence-electron chi connectivity index (χ3n) is 4.62. The maximum atomic E-state index is 13.1. The van der Waals surface area contributed by atoms with E-state index in [0.29, 0.717) is 33.9 Å². The average Bonchev–Trinajstić information content (AvgIpc) is 2.80. The SMILES string of the molecule is N#Cc1cccc(NC(=O)CSc2nc3ccccc3c(=O)n2Cc2ccccc2)c1. The molecule has 0 unspecified atom stereocenters. The smallest absolute Gasteiger partial charge is 0.262 e. The fourth-order valence-electron chi connectivity index (χ4n) is 3.16. The van der Waals surface area contributed by atoms with Gasteiger partial charge in [0.05, 0.1) is 34.8 Å². The molecule has 0 spiro atoms. The number of nitrogens with one attached hydrogen (secondary N) is 1. The Kier molecular flexibility index (Phi) is 6.11. The predicted molar refractivity (Wildman–Crippen MR) is 122 cm³/mol. The van der Waals surface area contributed by atoms with Crippen molar-refractivity contribution in [2.75, 3.05) is 11.1 Å². The third-order valence-corrected chi connectivity index (χ3v) is 5.59. The monoisotopic (exact) mass is 426 g/mol. The van der Waals surface area contributed by atoms with Crippen molar-refractivity contribution in [3.8, 4) is 6.07 Å². The van der Waals surface area contributed by atoms with Gasteiger partial charge in [0, 0.05) is 5.69 Å². The van der Waals surface area contributed by atoms with Gasteiger partial charge in [0.25, 0.3) is 5.56 Å². The minimum absolute atomic E-state index is 0.0797. The number of carbonyl (C=O) groups excluding carboxylic acids is 1. The van der Waals surface area contributed by atoms with Crippen molar-refractivity contribution in [1.29, 1.82) is 5.26 Å². The van der Waals surface area contributed by atoms with Gasteiger partial charge >= 0.3 is 0 Å². The van der Waals surface area contributed by atoms with Crippen LogP contribution in [0.4, 0.5) is 5.69 Å². The lowest BCUT2D eigenvalue weighted by Crippen LogP contribution is -2.24. The van der Waals surface area contributed by atoms with Gasteiger partial charge in [-0.25, -0.2) is 4.98 Å². The third kappa shape index (κ3) is 4.82. The number of thioether (sulfide) groups is 1. The fraction of sp³-hybridized carbons (Fsp3) is 0.0833. The van der Waals surface area contributed by atoms with Gasteiger partial charge in [-0.15, -0.1) is 0 Å². The number of aromatic nitrogens is 2. The first-order valence-electron chi connectivity index (χ1n) is 9.60. The van der Waals surface area contributed by atoms with Gasteiger partial charge in [0.1, 0.15) is 0 Å². The minimum Gasteiger partial charge on any atom is -0.325 e. The second-order valence-electron chi connectivity index (χ2n) is 6.82. The first-order valence-corrected chi connectivity index (χ1v) is 10.6. The van der Waals surface area contributed by atoms with Gasteiger partial charge in [-0.1, -0.05) is 60.3 Å². The average molecular weight is 427 g/mol. The largest absolute Gasteiger partial charge is 0.325 e. The summed E-state index contributed by atoms with van der Waals surface area (Å²) in [7, 11) is 0. The molecule has 0 saturated heterocycles. The summed E-state index contributed by atoms with van der Waals surface area (Å²) in [5.41, 5.74) is 2.46. The highest BCUT2D eigenvalue weighted by molar-refractivity contribution is 7.99. The van der Waals surface area contributed by atoms with Crippen molar-refractivity contribution >= 4 is 34.3 Å². The molecule has 4 rings (SSSR count). The summed E-state index contributed by atoms with van der Waals surface area (Å²) in [6.45, 7) is 0.367. The molecule has 4 aromatic rings. The van der Waals surface area contributed by atoms with Crippen molar-refractivity contribution in [2.45, 2.75) is 11.7 Å². The molecule has 0 saturated carbocycles. The van der Waals surface area contributed by atoms with Crippen LogP contribution >= 0.6 is 11.8 Å². The van der Waals surface area contributed by atoms with E-state index in [4.69, 9.17) is 5.26 Å². The molecule has 0 aliphatic rings. The van der Waals surface area contributed by atoms with Crippen LogP contribution in [0.25, 0.3) is 10.9 Å². The van der Waals surface area contributed by atoms with Gasteiger partial charge in [0.15, 0.2) is 5.16 Å². The summed E-state index contributed by atoms with van der Waals surface area (Å²) in [5.74, 6) is -0.162. The Balaban J connectivity index is 1.59. The molecule has 3 aromatic carbocycles. The van der Waals surface area contributed by atoms with Gasteiger partial charge in [-0.2, -0.15) is 5.26 Å². The lowest BCUT2D eigenvalue weighted by atomic mass is 10.2. The molecule has 1 aromatic heterocycles. The van der Waals surface area contributed by atoms with E-state index in [1.165, 1.54) is 11.8 Å². The summed E-state index contributed by atoms with van der Waals surface area (Å²) in [5, 5.41) is 12.8. The minimum atomic E-state index is -0.242. The molecule has 1 N–H and O–H groups in total. The van der Waals surface area contributed by atoms with Crippen LogP contribution in [0.5, 0.6) is 0 Å². The molecule has 6 nitrogen and oxygen atoms in total. The molecular formula is C24H18N4O2S. The van der Waals surface area contributed by atoms with Crippen molar-refractivity contribution < 1.29 is 4.79 Å². The van der Waals surface area contributed by atoms with E-state index in [9.17, 15) is 9.59 Å². The summed E-state index contributed by atoms with van der Waals surface area (Å²) in [6, 6.07) is 25.6. The molecule has 0 bridgehead atoms. The van der Waals surface area contributed by atoms with E-state index in [2.05, 4.69) is 10.3 Å². The number of benzene rings is 3. The van der Waals surface area contributed by atoms with E-state index in [1.807, 2.05) is 48.5 Å². The number of fused-ring (bicyclic) bond motifs is 1. The number of nitrogens with zero attached hydrogens (tertiary/aromatic N) is 3. The highest BCUT2D eigenvalue weighted by Gasteiger charge is 2.14. The molecule has 0 fully saturated rings. The van der Waals surface area contributed by atoms with Gasteiger partial charge in [0.2, 0.25) is 5.91 Å².